The van der Waals surface area contributed by atoms with Crippen LogP contribution in [-0.4, -0.2) is 24.1 Å². The van der Waals surface area contributed by atoms with Crippen LogP contribution in [0.2, 0.25) is 0 Å². The van der Waals surface area contributed by atoms with Crippen LogP contribution in [0.3, 0.4) is 0 Å². The van der Waals surface area contributed by atoms with Gasteiger partial charge in [-0.05, 0) is 12.1 Å². The Labute approximate surface area is 121 Å². The van der Waals surface area contributed by atoms with Crippen LogP contribution in [-0.2, 0) is 0 Å². The number of pyridine rings is 1. The molecular formula is C13H15N5O3. The maximum absolute atomic E-state index is 11.0. The van der Waals surface area contributed by atoms with Gasteiger partial charge in [-0.15, -0.1) is 0 Å². The van der Waals surface area contributed by atoms with E-state index in [1.54, 1.807) is 25.1 Å². The lowest BCUT2D eigenvalue weighted by atomic mass is 10.2. The first kappa shape index (κ1) is 14.5. The van der Waals surface area contributed by atoms with Gasteiger partial charge in [-0.25, -0.2) is 10.8 Å². The minimum absolute atomic E-state index is 0.0947. The number of nitrogens with two attached hydrogens (primary N) is 1. The first-order valence-corrected chi connectivity index (χ1v) is 6.06. The highest BCUT2D eigenvalue weighted by Crippen LogP contribution is 2.29. The molecule has 0 saturated heterocycles. The van der Waals surface area contributed by atoms with Crippen molar-refractivity contribution in [3.05, 3.63) is 46.5 Å². The highest BCUT2D eigenvalue weighted by Gasteiger charge is 2.14. The molecule has 2 aromatic rings. The van der Waals surface area contributed by atoms with Gasteiger partial charge in [0.25, 0.3) is 5.69 Å². The Morgan fingerprint density at radius 2 is 2.14 bits per heavy atom. The van der Waals surface area contributed by atoms with E-state index < -0.39 is 4.92 Å². The molecule has 3 N–H and O–H groups in total. The number of methoxy groups -OCH3 is 1. The number of rotatable bonds is 5. The van der Waals surface area contributed by atoms with E-state index >= 15 is 0 Å². The third-order valence-electron chi connectivity index (χ3n) is 2.94. The molecule has 1 aromatic heterocycles. The van der Waals surface area contributed by atoms with Crippen molar-refractivity contribution >= 4 is 23.0 Å². The Morgan fingerprint density at radius 1 is 1.38 bits per heavy atom. The van der Waals surface area contributed by atoms with Crippen molar-refractivity contribution in [1.29, 1.82) is 0 Å². The molecule has 0 aliphatic heterocycles. The fourth-order valence-corrected chi connectivity index (χ4v) is 1.80. The molecule has 0 fully saturated rings. The first-order chi connectivity index (χ1) is 10.0. The van der Waals surface area contributed by atoms with Crippen LogP contribution in [0.1, 0.15) is 0 Å². The van der Waals surface area contributed by atoms with Gasteiger partial charge in [-0.3, -0.25) is 10.1 Å². The predicted molar refractivity (Wildman–Crippen MR) is 79.8 cm³/mol. The van der Waals surface area contributed by atoms with E-state index in [0.717, 1.165) is 5.69 Å². The lowest BCUT2D eigenvalue weighted by molar-refractivity contribution is -0.384. The standard InChI is InChI=1S/C13H15N5O3/c1-17(9-4-3-5-11(6-9)21-2)13-8-10(18(19)20)7-12(15-13)16-14/h3-8H,14H2,1-2H3,(H,15,16). The number of nitrogens with zero attached hydrogens (tertiary/aromatic N) is 3. The zero-order valence-electron chi connectivity index (χ0n) is 11.6. The summed E-state index contributed by atoms with van der Waals surface area (Å²) in [6, 6.07) is 9.92. The largest absolute Gasteiger partial charge is 0.497 e. The van der Waals surface area contributed by atoms with Crippen molar-refractivity contribution in [3.63, 3.8) is 0 Å². The predicted octanol–water partition coefficient (Wildman–Crippen LogP) is 2.05. The second-order valence-corrected chi connectivity index (χ2v) is 4.23. The molecule has 21 heavy (non-hydrogen) atoms. The number of nitrogen functional groups attached to an aromatic ring is 1. The van der Waals surface area contributed by atoms with Gasteiger partial charge in [0.15, 0.2) is 0 Å². The number of hydrogen-bond acceptors (Lipinski definition) is 7. The Kier molecular flexibility index (Phi) is 4.19. The van der Waals surface area contributed by atoms with E-state index in [-0.39, 0.29) is 11.5 Å². The van der Waals surface area contributed by atoms with Crippen LogP contribution in [0.25, 0.3) is 0 Å². The number of hydrazine groups is 1. The second-order valence-electron chi connectivity index (χ2n) is 4.23. The van der Waals surface area contributed by atoms with Crippen molar-refractivity contribution in [2.75, 3.05) is 24.5 Å². The molecule has 2 rings (SSSR count). The SMILES string of the molecule is COc1cccc(N(C)c2cc([N+](=O)[O-])cc(NN)n2)c1. The average molecular weight is 289 g/mol. The highest BCUT2D eigenvalue weighted by atomic mass is 16.6. The molecule has 0 unspecified atom stereocenters. The van der Waals surface area contributed by atoms with Gasteiger partial charge in [0.2, 0.25) is 0 Å². The van der Waals surface area contributed by atoms with Crippen molar-refractivity contribution in [3.8, 4) is 5.75 Å². The lowest BCUT2D eigenvalue weighted by Gasteiger charge is -2.19. The second kappa shape index (κ2) is 6.06. The summed E-state index contributed by atoms with van der Waals surface area (Å²) in [4.78, 5) is 16.4. The number of benzene rings is 1. The average Bonchev–Trinajstić information content (AvgIpc) is 2.53. The maximum Gasteiger partial charge on any atom is 0.276 e. The zero-order valence-corrected chi connectivity index (χ0v) is 11.6. The Bertz CT molecular complexity index is 662. The molecule has 1 heterocycles. The molecule has 0 aliphatic rings. The van der Waals surface area contributed by atoms with E-state index in [1.165, 1.54) is 12.1 Å². The summed E-state index contributed by atoms with van der Waals surface area (Å²) < 4.78 is 5.16. The highest BCUT2D eigenvalue weighted by molar-refractivity contribution is 5.65. The van der Waals surface area contributed by atoms with Crippen LogP contribution < -0.4 is 20.9 Å². The summed E-state index contributed by atoms with van der Waals surface area (Å²) in [5.41, 5.74) is 3.01. The van der Waals surface area contributed by atoms with Gasteiger partial charge in [0, 0.05) is 18.8 Å². The van der Waals surface area contributed by atoms with Gasteiger partial charge in [-0.2, -0.15) is 0 Å². The number of hydrogen-bond donors (Lipinski definition) is 2. The van der Waals surface area contributed by atoms with E-state index in [4.69, 9.17) is 10.6 Å². The van der Waals surface area contributed by atoms with Crippen molar-refractivity contribution in [2.24, 2.45) is 5.84 Å². The summed E-state index contributed by atoms with van der Waals surface area (Å²) in [7, 11) is 3.32. The van der Waals surface area contributed by atoms with E-state index in [1.807, 2.05) is 18.2 Å². The zero-order chi connectivity index (χ0) is 15.4. The van der Waals surface area contributed by atoms with Crippen molar-refractivity contribution in [2.45, 2.75) is 0 Å². The Balaban J connectivity index is 2.44. The molecule has 1 aromatic carbocycles. The molecule has 8 heteroatoms. The summed E-state index contributed by atoms with van der Waals surface area (Å²) in [6.07, 6.45) is 0. The Morgan fingerprint density at radius 3 is 2.76 bits per heavy atom. The monoisotopic (exact) mass is 289 g/mol. The Hall–Kier alpha value is -2.87. The minimum atomic E-state index is -0.495. The van der Waals surface area contributed by atoms with Crippen LogP contribution >= 0.6 is 0 Å². The van der Waals surface area contributed by atoms with E-state index in [0.29, 0.717) is 11.6 Å². The van der Waals surface area contributed by atoms with Gasteiger partial charge in [0.1, 0.15) is 17.4 Å². The smallest absolute Gasteiger partial charge is 0.276 e. The van der Waals surface area contributed by atoms with Crippen LogP contribution in [0.15, 0.2) is 36.4 Å². The summed E-state index contributed by atoms with van der Waals surface area (Å²) in [5, 5.41) is 11.0. The van der Waals surface area contributed by atoms with Gasteiger partial charge in [-0.1, -0.05) is 6.07 Å². The van der Waals surface area contributed by atoms with Crippen LogP contribution in [0.5, 0.6) is 5.75 Å². The fourth-order valence-electron chi connectivity index (χ4n) is 1.80. The van der Waals surface area contributed by atoms with Gasteiger partial charge < -0.3 is 15.1 Å². The first-order valence-electron chi connectivity index (χ1n) is 6.06. The van der Waals surface area contributed by atoms with Crippen LogP contribution in [0.4, 0.5) is 23.0 Å². The minimum Gasteiger partial charge on any atom is -0.497 e. The molecule has 8 nitrogen and oxygen atoms in total. The van der Waals surface area contributed by atoms with Crippen molar-refractivity contribution in [1.82, 2.24) is 4.98 Å². The summed E-state index contributed by atoms with van der Waals surface area (Å²) >= 11 is 0. The normalized spacial score (nSPS) is 10.0. The third-order valence-corrected chi connectivity index (χ3v) is 2.94. The van der Waals surface area contributed by atoms with Crippen LogP contribution in [0, 0.1) is 10.1 Å². The molecule has 110 valence electrons. The fraction of sp³-hybridized carbons (Fsp3) is 0.154. The van der Waals surface area contributed by atoms with E-state index in [9.17, 15) is 10.1 Å². The van der Waals surface area contributed by atoms with Gasteiger partial charge in [0.05, 0.1) is 24.2 Å². The lowest BCUT2D eigenvalue weighted by Crippen LogP contribution is -2.15. The molecular weight excluding hydrogens is 274 g/mol. The van der Waals surface area contributed by atoms with E-state index in [2.05, 4.69) is 10.4 Å². The number of aromatic nitrogens is 1. The molecule has 0 radical (unpaired) electrons. The summed E-state index contributed by atoms with van der Waals surface area (Å²) in [5.74, 6) is 6.59. The molecule has 0 atom stereocenters. The molecule has 0 spiro atoms. The van der Waals surface area contributed by atoms with Crippen molar-refractivity contribution < 1.29 is 9.66 Å². The number of ether oxygens (including phenoxy) is 1. The third kappa shape index (κ3) is 3.18. The molecule has 0 bridgehead atoms. The molecule has 0 aliphatic carbocycles. The summed E-state index contributed by atoms with van der Waals surface area (Å²) in [6.45, 7) is 0. The number of nitrogens with one attached hydrogen (secondary N) is 1. The maximum atomic E-state index is 11.0. The molecule has 0 amide bonds. The number of nitro groups is 1. The molecule has 0 saturated carbocycles. The quantitative estimate of drug-likeness (QED) is 0.493. The topological polar surface area (TPSA) is 107 Å². The number of anilines is 3. The van der Waals surface area contributed by atoms with Gasteiger partial charge >= 0.3 is 0 Å².